The molecule has 4 aliphatic carbocycles. The number of carboxylic acids is 3. The van der Waals surface area contributed by atoms with E-state index in [0.29, 0.717) is 0 Å². The normalized spacial score (nSPS) is 38.0. The number of hydrogen-bond acceptors (Lipinski definition) is 5. The summed E-state index contributed by atoms with van der Waals surface area (Å²) in [6, 6.07) is 8.19. The van der Waals surface area contributed by atoms with Gasteiger partial charge in [0.15, 0.2) is 0 Å². The predicted octanol–water partition coefficient (Wildman–Crippen LogP) is 2.17. The predicted molar refractivity (Wildman–Crippen MR) is 92.4 cm³/mol. The summed E-state index contributed by atoms with van der Waals surface area (Å²) in [5.41, 5.74) is -6.16. The lowest BCUT2D eigenvalue weighted by Gasteiger charge is -2.65. The molecule has 8 nitrogen and oxygen atoms in total. The van der Waals surface area contributed by atoms with Gasteiger partial charge in [0.2, 0.25) is 0 Å². The van der Waals surface area contributed by atoms with Crippen LogP contribution in [0.3, 0.4) is 0 Å². The molecular weight excluding hydrogens is 368 g/mol. The molecule has 0 heterocycles. The Morgan fingerprint density at radius 2 is 1.00 bits per heavy atom. The van der Waals surface area contributed by atoms with E-state index < -0.39 is 45.5 Å². The summed E-state index contributed by atoms with van der Waals surface area (Å²) < 4.78 is 5.46. The van der Waals surface area contributed by atoms with Gasteiger partial charge in [-0.15, -0.1) is 0 Å². The number of aliphatic carboxylic acids is 3. The molecule has 0 unspecified atom stereocenters. The fraction of sp³-hybridized carbons (Fsp3) is 0.500. The first-order valence-electron chi connectivity index (χ1n) is 9.05. The van der Waals surface area contributed by atoms with Crippen molar-refractivity contribution in [3.63, 3.8) is 0 Å². The van der Waals surface area contributed by atoms with Crippen molar-refractivity contribution in [2.24, 2.45) is 21.7 Å². The van der Waals surface area contributed by atoms with E-state index in [-0.39, 0.29) is 44.3 Å². The molecule has 3 N–H and O–H groups in total. The van der Waals surface area contributed by atoms with Crippen LogP contribution in [0.15, 0.2) is 30.3 Å². The van der Waals surface area contributed by atoms with Gasteiger partial charge in [0.05, 0.1) is 21.7 Å². The highest BCUT2D eigenvalue weighted by Crippen LogP contribution is 2.74. The summed E-state index contributed by atoms with van der Waals surface area (Å²) in [5, 5.41) is 29.8. The van der Waals surface area contributed by atoms with Gasteiger partial charge in [-0.1, -0.05) is 18.2 Å². The number of esters is 1. The van der Waals surface area contributed by atoms with Crippen molar-refractivity contribution >= 4 is 23.9 Å². The second-order valence-electron chi connectivity index (χ2n) is 8.80. The highest BCUT2D eigenvalue weighted by atomic mass is 16.5. The van der Waals surface area contributed by atoms with Crippen LogP contribution in [-0.4, -0.2) is 39.2 Å². The Morgan fingerprint density at radius 1 is 0.643 bits per heavy atom. The summed E-state index contributed by atoms with van der Waals surface area (Å²) in [7, 11) is 0. The molecule has 8 heteroatoms. The Labute approximate surface area is 160 Å². The van der Waals surface area contributed by atoms with Crippen LogP contribution in [0.4, 0.5) is 0 Å². The average molecular weight is 388 g/mol. The molecule has 4 saturated carbocycles. The molecule has 1 aromatic carbocycles. The fourth-order valence-electron chi connectivity index (χ4n) is 6.24. The molecule has 0 aromatic heterocycles. The maximum Gasteiger partial charge on any atom is 0.317 e. The van der Waals surface area contributed by atoms with E-state index >= 15 is 0 Å². The number of rotatable bonds is 5. The standard InChI is InChI=1S/C20H20O8/c21-13(22)17-6-18(14(23)24)8-19(7-17,15(25)26)11-20(9-17,10-18)16(27)28-12-4-2-1-3-5-12/h1-5H,6-11H2,(H,21,22)(H,23,24)(H,25,26). The average Bonchev–Trinajstić information content (AvgIpc) is 2.61. The van der Waals surface area contributed by atoms with Crippen LogP contribution in [0.2, 0.25) is 0 Å². The second kappa shape index (κ2) is 5.56. The zero-order valence-corrected chi connectivity index (χ0v) is 15.0. The molecule has 0 amide bonds. The van der Waals surface area contributed by atoms with Gasteiger partial charge in [-0.25, -0.2) is 0 Å². The molecule has 28 heavy (non-hydrogen) atoms. The van der Waals surface area contributed by atoms with E-state index in [2.05, 4.69) is 0 Å². The van der Waals surface area contributed by atoms with E-state index in [1.807, 2.05) is 0 Å². The third kappa shape index (κ3) is 2.36. The summed E-state index contributed by atoms with van der Waals surface area (Å²) in [5.74, 6) is -4.25. The van der Waals surface area contributed by atoms with Crippen molar-refractivity contribution in [2.45, 2.75) is 38.5 Å². The van der Waals surface area contributed by atoms with Crippen molar-refractivity contribution in [2.75, 3.05) is 0 Å². The topological polar surface area (TPSA) is 138 Å². The molecule has 1 aromatic rings. The largest absolute Gasteiger partial charge is 0.481 e. The summed E-state index contributed by atoms with van der Waals surface area (Å²) >= 11 is 0. The van der Waals surface area contributed by atoms with Crippen LogP contribution in [0, 0.1) is 21.7 Å². The van der Waals surface area contributed by atoms with E-state index in [9.17, 15) is 34.5 Å². The van der Waals surface area contributed by atoms with Gasteiger partial charge >= 0.3 is 23.9 Å². The first-order chi connectivity index (χ1) is 13.1. The third-order valence-electron chi connectivity index (χ3n) is 6.81. The van der Waals surface area contributed by atoms with E-state index in [1.165, 1.54) is 0 Å². The van der Waals surface area contributed by atoms with Crippen molar-refractivity contribution in [1.82, 2.24) is 0 Å². The SMILES string of the molecule is O=C(O)C12CC3(C(=O)O)CC(C(=O)O)(C1)CC(C(=O)Oc1ccccc1)(C2)C3. The number of carbonyl (C=O) groups excluding carboxylic acids is 1. The highest BCUT2D eigenvalue weighted by Gasteiger charge is 2.76. The summed E-state index contributed by atoms with van der Waals surface area (Å²) in [6.07, 6.45) is -0.818. The first kappa shape index (κ1) is 18.5. The van der Waals surface area contributed by atoms with Gasteiger partial charge in [0, 0.05) is 0 Å². The zero-order valence-electron chi connectivity index (χ0n) is 15.0. The fourth-order valence-corrected chi connectivity index (χ4v) is 6.24. The second-order valence-corrected chi connectivity index (χ2v) is 8.80. The van der Waals surface area contributed by atoms with Crippen LogP contribution >= 0.6 is 0 Å². The highest BCUT2D eigenvalue weighted by molar-refractivity contribution is 5.91. The lowest BCUT2D eigenvalue weighted by atomic mass is 9.35. The Hall–Kier alpha value is -2.90. The van der Waals surface area contributed by atoms with Crippen molar-refractivity contribution < 1.29 is 39.2 Å². The van der Waals surface area contributed by atoms with Gasteiger partial charge < -0.3 is 20.1 Å². The van der Waals surface area contributed by atoms with Crippen molar-refractivity contribution in [3.8, 4) is 5.75 Å². The molecule has 4 aliphatic rings. The maximum absolute atomic E-state index is 13.2. The maximum atomic E-state index is 13.2. The van der Waals surface area contributed by atoms with E-state index in [4.69, 9.17) is 4.74 Å². The summed E-state index contributed by atoms with van der Waals surface area (Å²) in [6.45, 7) is 0. The smallest absolute Gasteiger partial charge is 0.317 e. The number of carboxylic acid groups (broad SMARTS) is 3. The Kier molecular flexibility index (Phi) is 3.67. The van der Waals surface area contributed by atoms with Gasteiger partial charge in [-0.2, -0.15) is 0 Å². The van der Waals surface area contributed by atoms with Crippen LogP contribution in [0.25, 0.3) is 0 Å². The van der Waals surface area contributed by atoms with Crippen LogP contribution in [0.1, 0.15) is 38.5 Å². The molecule has 0 radical (unpaired) electrons. The van der Waals surface area contributed by atoms with Gasteiger partial charge in [0.1, 0.15) is 5.75 Å². The lowest BCUT2D eigenvalue weighted by molar-refractivity contribution is -0.228. The zero-order chi connectivity index (χ0) is 20.4. The van der Waals surface area contributed by atoms with Crippen molar-refractivity contribution in [1.29, 1.82) is 0 Å². The van der Waals surface area contributed by atoms with Gasteiger partial charge in [-0.05, 0) is 50.7 Å². The minimum absolute atomic E-state index is 0.106. The number of carbonyl (C=O) groups is 4. The van der Waals surface area contributed by atoms with E-state index in [1.54, 1.807) is 30.3 Å². The Bertz CT molecular complexity index is 807. The Morgan fingerprint density at radius 3 is 1.36 bits per heavy atom. The monoisotopic (exact) mass is 388 g/mol. The number of ether oxygens (including phenoxy) is 1. The minimum atomic E-state index is -1.57. The molecule has 148 valence electrons. The number of benzene rings is 1. The van der Waals surface area contributed by atoms with Crippen LogP contribution in [-0.2, 0) is 19.2 Å². The molecule has 0 atom stereocenters. The third-order valence-corrected chi connectivity index (χ3v) is 6.81. The van der Waals surface area contributed by atoms with Gasteiger partial charge in [0.25, 0.3) is 0 Å². The van der Waals surface area contributed by atoms with Gasteiger partial charge in [-0.3, -0.25) is 19.2 Å². The molecule has 4 bridgehead atoms. The van der Waals surface area contributed by atoms with Crippen molar-refractivity contribution in [3.05, 3.63) is 30.3 Å². The summed E-state index contributed by atoms with van der Waals surface area (Å²) in [4.78, 5) is 49.7. The Balaban J connectivity index is 1.83. The first-order valence-corrected chi connectivity index (χ1v) is 9.05. The van der Waals surface area contributed by atoms with E-state index in [0.717, 1.165) is 0 Å². The quantitative estimate of drug-likeness (QED) is 0.515. The minimum Gasteiger partial charge on any atom is -0.481 e. The van der Waals surface area contributed by atoms with Crippen LogP contribution in [0.5, 0.6) is 5.75 Å². The molecule has 0 aliphatic heterocycles. The lowest BCUT2D eigenvalue weighted by Crippen LogP contribution is -2.68. The molecule has 0 saturated heterocycles. The molecule has 4 fully saturated rings. The number of hydrogen-bond donors (Lipinski definition) is 3. The number of para-hydroxylation sites is 1. The molecule has 5 rings (SSSR count). The van der Waals surface area contributed by atoms with Crippen LogP contribution < -0.4 is 4.74 Å². The molecular formula is C20H20O8. The molecule has 0 spiro atoms.